The van der Waals surface area contributed by atoms with Crippen molar-refractivity contribution in [1.29, 1.82) is 0 Å². The Labute approximate surface area is 102 Å². The van der Waals surface area contributed by atoms with Gasteiger partial charge in [0.15, 0.2) is 0 Å². The first-order valence-corrected chi connectivity index (χ1v) is 5.78. The van der Waals surface area contributed by atoms with E-state index in [2.05, 4.69) is 21.2 Å². The highest BCUT2D eigenvalue weighted by molar-refractivity contribution is 9.10. The molecule has 0 fully saturated rings. The summed E-state index contributed by atoms with van der Waals surface area (Å²) >= 11 is 3.40. The maximum Gasteiger partial charge on any atom is 0.123 e. The van der Waals surface area contributed by atoms with Crippen molar-refractivity contribution in [3.8, 4) is 0 Å². The number of halogens is 2. The molecule has 82 valence electrons. The van der Waals surface area contributed by atoms with Crippen LogP contribution in [0.3, 0.4) is 0 Å². The molecule has 0 spiro atoms. The van der Waals surface area contributed by atoms with Gasteiger partial charge < -0.3 is 5.32 Å². The van der Waals surface area contributed by atoms with Crippen LogP contribution in [0.15, 0.2) is 53.0 Å². The van der Waals surface area contributed by atoms with Crippen LogP contribution in [0.4, 0.5) is 10.1 Å². The molecular formula is C13H11BrFN. The van der Waals surface area contributed by atoms with E-state index >= 15 is 0 Å². The van der Waals surface area contributed by atoms with Crippen LogP contribution >= 0.6 is 15.9 Å². The molecule has 0 aromatic heterocycles. The number of benzene rings is 2. The van der Waals surface area contributed by atoms with Crippen molar-refractivity contribution < 1.29 is 4.39 Å². The van der Waals surface area contributed by atoms with Gasteiger partial charge in [-0.2, -0.15) is 0 Å². The summed E-state index contributed by atoms with van der Waals surface area (Å²) in [6, 6.07) is 14.5. The topological polar surface area (TPSA) is 12.0 Å². The fourth-order valence-corrected chi connectivity index (χ4v) is 1.82. The normalized spacial score (nSPS) is 10.1. The number of nitrogens with one attached hydrogen (secondary N) is 1. The summed E-state index contributed by atoms with van der Waals surface area (Å²) in [4.78, 5) is 0. The summed E-state index contributed by atoms with van der Waals surface area (Å²) in [7, 11) is 0. The van der Waals surface area contributed by atoms with E-state index in [1.54, 1.807) is 6.07 Å². The third-order valence-electron chi connectivity index (χ3n) is 2.26. The molecule has 2 rings (SSSR count). The van der Waals surface area contributed by atoms with E-state index in [4.69, 9.17) is 0 Å². The van der Waals surface area contributed by atoms with Gasteiger partial charge in [0.25, 0.3) is 0 Å². The van der Waals surface area contributed by atoms with Crippen LogP contribution in [0.1, 0.15) is 5.56 Å². The maximum absolute atomic E-state index is 13.0. The molecule has 1 N–H and O–H groups in total. The molecule has 0 aliphatic rings. The van der Waals surface area contributed by atoms with Crippen molar-refractivity contribution >= 4 is 21.6 Å². The monoisotopic (exact) mass is 279 g/mol. The van der Waals surface area contributed by atoms with E-state index in [1.807, 2.05) is 30.3 Å². The molecule has 0 bridgehead atoms. The van der Waals surface area contributed by atoms with Crippen LogP contribution in [0.5, 0.6) is 0 Å². The zero-order valence-electron chi connectivity index (χ0n) is 8.58. The molecule has 0 radical (unpaired) electrons. The van der Waals surface area contributed by atoms with Crippen molar-refractivity contribution in [2.45, 2.75) is 6.54 Å². The Balaban J connectivity index is 2.08. The van der Waals surface area contributed by atoms with Gasteiger partial charge in [-0.15, -0.1) is 0 Å². The number of hydrogen-bond donors (Lipinski definition) is 1. The highest BCUT2D eigenvalue weighted by Crippen LogP contribution is 2.19. The van der Waals surface area contributed by atoms with Gasteiger partial charge in [-0.05, 0) is 35.9 Å². The molecule has 0 atom stereocenters. The van der Waals surface area contributed by atoms with Crippen molar-refractivity contribution in [3.63, 3.8) is 0 Å². The highest BCUT2D eigenvalue weighted by atomic mass is 79.9. The van der Waals surface area contributed by atoms with Gasteiger partial charge in [-0.1, -0.05) is 34.1 Å². The Morgan fingerprint density at radius 2 is 1.81 bits per heavy atom. The third kappa shape index (κ3) is 2.83. The van der Waals surface area contributed by atoms with Gasteiger partial charge in [0.1, 0.15) is 5.82 Å². The maximum atomic E-state index is 13.0. The van der Waals surface area contributed by atoms with Crippen LogP contribution < -0.4 is 5.32 Å². The van der Waals surface area contributed by atoms with E-state index in [1.165, 1.54) is 12.1 Å². The average Bonchev–Trinajstić information content (AvgIpc) is 2.32. The predicted molar refractivity (Wildman–Crippen MR) is 67.9 cm³/mol. The van der Waals surface area contributed by atoms with Crippen LogP contribution in [0, 0.1) is 5.82 Å². The minimum Gasteiger partial charge on any atom is -0.381 e. The predicted octanol–water partition coefficient (Wildman–Crippen LogP) is 4.20. The molecular weight excluding hydrogens is 269 g/mol. The smallest absolute Gasteiger partial charge is 0.123 e. The molecule has 0 aliphatic carbocycles. The number of rotatable bonds is 3. The highest BCUT2D eigenvalue weighted by Gasteiger charge is 2.01. The van der Waals surface area contributed by atoms with Gasteiger partial charge in [0.2, 0.25) is 0 Å². The molecule has 0 aliphatic heterocycles. The third-order valence-corrected chi connectivity index (χ3v) is 3.04. The first kappa shape index (κ1) is 11.1. The van der Waals surface area contributed by atoms with Gasteiger partial charge >= 0.3 is 0 Å². The molecule has 0 saturated heterocycles. The average molecular weight is 280 g/mol. The second-order valence-corrected chi connectivity index (χ2v) is 4.31. The Bertz CT molecular complexity index is 471. The fraction of sp³-hybridized carbons (Fsp3) is 0.0769. The largest absolute Gasteiger partial charge is 0.381 e. The molecule has 3 heteroatoms. The Morgan fingerprint density at radius 3 is 2.56 bits per heavy atom. The summed E-state index contributed by atoms with van der Waals surface area (Å²) in [5.41, 5.74) is 1.93. The summed E-state index contributed by atoms with van der Waals surface area (Å²) in [6.07, 6.45) is 0. The minimum absolute atomic E-state index is 0.215. The fourth-order valence-electron chi connectivity index (χ4n) is 1.43. The van der Waals surface area contributed by atoms with Crippen LogP contribution in [-0.4, -0.2) is 0 Å². The Morgan fingerprint density at radius 1 is 1.06 bits per heavy atom. The molecule has 16 heavy (non-hydrogen) atoms. The lowest BCUT2D eigenvalue weighted by atomic mass is 10.2. The zero-order chi connectivity index (χ0) is 11.4. The Kier molecular flexibility index (Phi) is 3.57. The molecule has 0 heterocycles. The van der Waals surface area contributed by atoms with Gasteiger partial charge in [0.05, 0.1) is 0 Å². The first-order chi connectivity index (χ1) is 7.75. The van der Waals surface area contributed by atoms with E-state index in [9.17, 15) is 4.39 Å². The molecule has 2 aromatic carbocycles. The summed E-state index contributed by atoms with van der Waals surface area (Å²) in [5.74, 6) is -0.215. The van der Waals surface area contributed by atoms with Crippen LogP contribution in [0.2, 0.25) is 0 Å². The Hall–Kier alpha value is -1.35. The number of para-hydroxylation sites is 1. The lowest BCUT2D eigenvalue weighted by Gasteiger charge is -2.08. The van der Waals surface area contributed by atoms with Crippen molar-refractivity contribution in [3.05, 3.63) is 64.4 Å². The van der Waals surface area contributed by atoms with E-state index in [0.717, 1.165) is 15.7 Å². The number of hydrogen-bond acceptors (Lipinski definition) is 1. The number of anilines is 1. The van der Waals surface area contributed by atoms with Crippen LogP contribution in [0.25, 0.3) is 0 Å². The quantitative estimate of drug-likeness (QED) is 0.888. The van der Waals surface area contributed by atoms with Crippen molar-refractivity contribution in [2.75, 3.05) is 5.32 Å². The molecule has 0 unspecified atom stereocenters. The summed E-state index contributed by atoms with van der Waals surface area (Å²) in [5, 5.41) is 3.23. The van der Waals surface area contributed by atoms with Gasteiger partial charge in [-0.25, -0.2) is 4.39 Å². The van der Waals surface area contributed by atoms with E-state index in [0.29, 0.717) is 6.54 Å². The van der Waals surface area contributed by atoms with Gasteiger partial charge in [0, 0.05) is 16.7 Å². The summed E-state index contributed by atoms with van der Waals surface area (Å²) in [6.45, 7) is 0.600. The minimum atomic E-state index is -0.215. The molecule has 0 saturated carbocycles. The second-order valence-electron chi connectivity index (χ2n) is 3.46. The molecule has 1 nitrogen and oxygen atoms in total. The van der Waals surface area contributed by atoms with Gasteiger partial charge in [-0.3, -0.25) is 0 Å². The van der Waals surface area contributed by atoms with Crippen LogP contribution in [-0.2, 0) is 6.54 Å². The standard InChI is InChI=1S/C13H11BrFN/c14-13-7-6-11(15)8-10(13)9-16-12-4-2-1-3-5-12/h1-8,16H,9H2. The first-order valence-electron chi connectivity index (χ1n) is 4.98. The lowest BCUT2D eigenvalue weighted by molar-refractivity contribution is 0.625. The summed E-state index contributed by atoms with van der Waals surface area (Å²) < 4.78 is 13.9. The second kappa shape index (κ2) is 5.12. The van der Waals surface area contributed by atoms with Crippen molar-refractivity contribution in [2.24, 2.45) is 0 Å². The molecule has 0 amide bonds. The van der Waals surface area contributed by atoms with E-state index < -0.39 is 0 Å². The SMILES string of the molecule is Fc1ccc(Br)c(CNc2ccccc2)c1. The lowest BCUT2D eigenvalue weighted by Crippen LogP contribution is -2.00. The van der Waals surface area contributed by atoms with E-state index in [-0.39, 0.29) is 5.82 Å². The zero-order valence-corrected chi connectivity index (χ0v) is 10.2. The molecule has 2 aromatic rings. The van der Waals surface area contributed by atoms with Crippen molar-refractivity contribution in [1.82, 2.24) is 0 Å².